The van der Waals surface area contributed by atoms with Crippen molar-refractivity contribution in [1.82, 2.24) is 9.55 Å². The van der Waals surface area contributed by atoms with Crippen LogP contribution in [0, 0.1) is 6.92 Å². The van der Waals surface area contributed by atoms with Gasteiger partial charge in [0.05, 0.1) is 19.8 Å². The highest BCUT2D eigenvalue weighted by Crippen LogP contribution is 2.67. The number of ether oxygens (including phenoxy) is 3. The number of phosphoric acid groups is 3. The number of aryl methyl sites for hydroxylation is 1. The van der Waals surface area contributed by atoms with E-state index in [1.807, 2.05) is 0 Å². The molecular weight excluding hydrogens is 737 g/mol. The standard InChI is InChI=1S/C30H45N2O16P3/c1-3-4-5-6-7-8-9-10-11-12-19-42-30(35)46-25-15-13-24(14-16-25)21-43-49(36,37)47-51(40,41)48-50(38,39)44-22-26-17-18-27(45-26)32-20-23(2)28(33)31-29(32)34/h13-18,20,26-27H,3-12,19,21-22H2,1-2H3,(H,36,37)(H,38,39)(H,40,41)(H,31,33,34)/t26-,27+/m0/s1. The summed E-state index contributed by atoms with van der Waals surface area (Å²) < 4.78 is 71.0. The van der Waals surface area contributed by atoms with E-state index in [0.717, 1.165) is 30.3 Å². The van der Waals surface area contributed by atoms with Crippen molar-refractivity contribution in [2.24, 2.45) is 0 Å². The molecule has 0 radical (unpaired) electrons. The molecule has 0 spiro atoms. The minimum atomic E-state index is -5.73. The van der Waals surface area contributed by atoms with Crippen LogP contribution in [0.25, 0.3) is 0 Å². The van der Waals surface area contributed by atoms with Gasteiger partial charge in [0.2, 0.25) is 0 Å². The normalized spacial score (nSPS) is 19.2. The minimum absolute atomic E-state index is 0.122. The number of aromatic nitrogens is 2. The van der Waals surface area contributed by atoms with E-state index in [0.29, 0.717) is 0 Å². The molecule has 1 aromatic heterocycles. The smallest absolute Gasteiger partial charge is 0.434 e. The average molecular weight is 783 g/mol. The first-order valence-corrected chi connectivity index (χ1v) is 20.9. The molecule has 1 aromatic carbocycles. The summed E-state index contributed by atoms with van der Waals surface area (Å²) in [5.41, 5.74) is -0.880. The number of rotatable bonds is 23. The Balaban J connectivity index is 1.34. The van der Waals surface area contributed by atoms with E-state index < -0.39 is 66.4 Å². The summed E-state index contributed by atoms with van der Waals surface area (Å²) in [6, 6.07) is 5.45. The SMILES string of the molecule is CCCCCCCCCCCCOC(=O)Oc1ccc(COP(=O)(O)OP(=O)(O)OP(=O)(O)OC[C@@H]2C=C[C@H](n3cc(C)c(=O)[nH]c3=O)O2)cc1. The van der Waals surface area contributed by atoms with Gasteiger partial charge in [0.1, 0.15) is 11.9 Å². The molecule has 18 nitrogen and oxygen atoms in total. The van der Waals surface area contributed by atoms with Gasteiger partial charge in [0.15, 0.2) is 6.23 Å². The molecule has 0 aliphatic carbocycles. The number of carbonyl (C=O) groups is 1. The summed E-state index contributed by atoms with van der Waals surface area (Å²) in [6.45, 7) is 2.53. The van der Waals surface area contributed by atoms with E-state index in [4.69, 9.17) is 14.2 Å². The molecular formula is C30H45N2O16P3. The molecule has 0 saturated heterocycles. The fourth-order valence-electron chi connectivity index (χ4n) is 4.69. The Bertz CT molecular complexity index is 1710. The van der Waals surface area contributed by atoms with Crippen molar-refractivity contribution >= 4 is 29.6 Å². The van der Waals surface area contributed by atoms with Crippen LogP contribution in [0.3, 0.4) is 0 Å². The molecule has 0 amide bonds. The molecule has 0 saturated carbocycles. The lowest BCUT2D eigenvalue weighted by Crippen LogP contribution is -2.33. The molecule has 4 N–H and O–H groups in total. The molecule has 3 rings (SSSR count). The third-order valence-electron chi connectivity index (χ3n) is 7.28. The first kappa shape index (κ1) is 42.7. The molecule has 1 aliphatic heterocycles. The van der Waals surface area contributed by atoms with Crippen molar-refractivity contribution in [3.8, 4) is 5.75 Å². The zero-order chi connectivity index (χ0) is 37.5. The third kappa shape index (κ3) is 16.2. The molecule has 1 aliphatic rings. The van der Waals surface area contributed by atoms with Crippen LogP contribution in [0.15, 0.2) is 52.2 Å². The largest absolute Gasteiger partial charge is 0.513 e. The Morgan fingerprint density at radius 1 is 0.843 bits per heavy atom. The van der Waals surface area contributed by atoms with Gasteiger partial charge >= 0.3 is 35.3 Å². The van der Waals surface area contributed by atoms with Crippen LogP contribution < -0.4 is 16.0 Å². The molecule has 3 unspecified atom stereocenters. The summed E-state index contributed by atoms with van der Waals surface area (Å²) >= 11 is 0. The molecule has 286 valence electrons. The molecule has 2 aromatic rings. The number of nitrogens with one attached hydrogen (secondary N) is 1. The van der Waals surface area contributed by atoms with Gasteiger partial charge in [-0.2, -0.15) is 8.62 Å². The summed E-state index contributed by atoms with van der Waals surface area (Å²) in [6.07, 6.45) is 12.5. The first-order chi connectivity index (χ1) is 24.1. The van der Waals surface area contributed by atoms with Crippen molar-refractivity contribution in [1.29, 1.82) is 0 Å². The van der Waals surface area contributed by atoms with Crippen LogP contribution in [0.5, 0.6) is 5.75 Å². The number of unbranched alkanes of at least 4 members (excludes halogenated alkanes) is 9. The van der Waals surface area contributed by atoms with E-state index in [2.05, 4.69) is 29.6 Å². The van der Waals surface area contributed by atoms with E-state index in [1.165, 1.54) is 88.1 Å². The van der Waals surface area contributed by atoms with Crippen molar-refractivity contribution in [3.63, 3.8) is 0 Å². The highest BCUT2D eigenvalue weighted by Gasteiger charge is 2.42. The van der Waals surface area contributed by atoms with E-state index in [9.17, 15) is 42.8 Å². The fraction of sp³-hybridized carbons (Fsp3) is 0.567. The van der Waals surface area contributed by atoms with Gasteiger partial charge in [-0.15, -0.1) is 0 Å². The third-order valence-corrected chi connectivity index (χ3v) is 11.5. The molecule has 0 bridgehead atoms. The van der Waals surface area contributed by atoms with Gasteiger partial charge in [-0.3, -0.25) is 23.4 Å². The van der Waals surface area contributed by atoms with Crippen molar-refractivity contribution < 1.29 is 65.0 Å². The summed E-state index contributed by atoms with van der Waals surface area (Å²) in [7, 11) is -16.5. The Morgan fingerprint density at radius 2 is 1.43 bits per heavy atom. The monoisotopic (exact) mass is 782 g/mol. The van der Waals surface area contributed by atoms with E-state index in [1.54, 1.807) is 0 Å². The first-order valence-electron chi connectivity index (χ1n) is 16.4. The second kappa shape index (κ2) is 20.5. The van der Waals surface area contributed by atoms with Gasteiger partial charge in [0, 0.05) is 11.8 Å². The van der Waals surface area contributed by atoms with Crippen LogP contribution in [-0.4, -0.2) is 49.7 Å². The number of hydrogen-bond donors (Lipinski definition) is 4. The van der Waals surface area contributed by atoms with Crippen LogP contribution in [-0.2, 0) is 47.4 Å². The molecule has 51 heavy (non-hydrogen) atoms. The topological polar surface area (TPSA) is 248 Å². The van der Waals surface area contributed by atoms with Crippen LogP contribution in [0.2, 0.25) is 0 Å². The molecule has 2 heterocycles. The number of benzene rings is 1. The van der Waals surface area contributed by atoms with Crippen molar-refractivity contribution in [2.45, 2.75) is 97.0 Å². The summed E-state index contributed by atoms with van der Waals surface area (Å²) in [5.74, 6) is 0.122. The van der Waals surface area contributed by atoms with E-state index >= 15 is 0 Å². The van der Waals surface area contributed by atoms with Crippen molar-refractivity contribution in [3.05, 3.63) is 74.6 Å². The number of hydrogen-bond acceptors (Lipinski definition) is 13. The number of aromatic amines is 1. The number of H-pyrrole nitrogens is 1. The lowest BCUT2D eigenvalue weighted by atomic mass is 10.1. The summed E-state index contributed by atoms with van der Waals surface area (Å²) in [4.78, 5) is 67.3. The van der Waals surface area contributed by atoms with Gasteiger partial charge in [-0.1, -0.05) is 82.9 Å². The number of nitrogens with zero attached hydrogens (tertiary/aromatic N) is 1. The predicted octanol–water partition coefficient (Wildman–Crippen LogP) is 6.30. The Morgan fingerprint density at radius 3 is 2.06 bits per heavy atom. The van der Waals surface area contributed by atoms with Gasteiger partial charge in [-0.05, 0) is 37.1 Å². The maximum absolute atomic E-state index is 12.3. The highest BCUT2D eigenvalue weighted by molar-refractivity contribution is 7.66. The fourth-order valence-corrected chi connectivity index (χ4v) is 8.19. The lowest BCUT2D eigenvalue weighted by molar-refractivity contribution is -0.0105. The molecule has 21 heteroatoms. The average Bonchev–Trinajstić information content (AvgIpc) is 3.52. The van der Waals surface area contributed by atoms with Crippen molar-refractivity contribution in [2.75, 3.05) is 13.2 Å². The maximum Gasteiger partial charge on any atom is 0.513 e. The summed E-state index contributed by atoms with van der Waals surface area (Å²) in [5, 5.41) is 0. The van der Waals surface area contributed by atoms with Gasteiger partial charge in [0.25, 0.3) is 5.56 Å². The predicted molar refractivity (Wildman–Crippen MR) is 182 cm³/mol. The zero-order valence-electron chi connectivity index (χ0n) is 28.3. The lowest BCUT2D eigenvalue weighted by Gasteiger charge is -2.20. The molecule has 0 fully saturated rings. The Labute approximate surface area is 294 Å². The van der Waals surface area contributed by atoms with E-state index in [-0.39, 0.29) is 23.5 Å². The van der Waals surface area contributed by atoms with Crippen LogP contribution in [0.4, 0.5) is 4.79 Å². The molecule has 5 atom stereocenters. The second-order valence-corrected chi connectivity index (χ2v) is 16.2. The van der Waals surface area contributed by atoms with Gasteiger partial charge in [-0.25, -0.2) is 23.3 Å². The highest BCUT2D eigenvalue weighted by atomic mass is 31.3. The zero-order valence-corrected chi connectivity index (χ0v) is 31.0. The maximum atomic E-state index is 12.3. The van der Waals surface area contributed by atoms with Crippen LogP contribution >= 0.6 is 23.5 Å². The minimum Gasteiger partial charge on any atom is -0.434 e. The van der Waals surface area contributed by atoms with Gasteiger partial charge < -0.3 is 28.9 Å². The quantitative estimate of drug-likeness (QED) is 0.0317. The van der Waals surface area contributed by atoms with Crippen LogP contribution in [0.1, 0.15) is 88.5 Å². The second-order valence-electron chi connectivity index (χ2n) is 11.6. The number of phosphoric ester groups is 2. The number of carbonyl (C=O) groups excluding carboxylic acids is 1. The Kier molecular flexibility index (Phi) is 17.2. The Hall–Kier alpha value is -2.72.